The van der Waals surface area contributed by atoms with Gasteiger partial charge in [-0.05, 0) is 24.3 Å². The number of aromatic nitrogens is 1. The van der Waals surface area contributed by atoms with Crippen molar-refractivity contribution < 1.29 is 14.1 Å². The molecule has 0 aliphatic rings. The maximum Gasteiger partial charge on any atom is 0.249 e. The highest BCUT2D eigenvalue weighted by Gasteiger charge is 2.31. The zero-order valence-electron chi connectivity index (χ0n) is 11.9. The number of amides is 1. The number of nitrogens with one attached hydrogen (secondary N) is 1. The van der Waals surface area contributed by atoms with Gasteiger partial charge in [-0.25, -0.2) is 0 Å². The van der Waals surface area contributed by atoms with Crippen LogP contribution in [0.15, 0.2) is 59.1 Å². The summed E-state index contributed by atoms with van der Waals surface area (Å²) in [7, 11) is 0. The van der Waals surface area contributed by atoms with E-state index in [9.17, 15) is 14.9 Å². The van der Waals surface area contributed by atoms with Gasteiger partial charge in [-0.15, -0.1) is 0 Å². The Labute approximate surface area is 131 Å². The summed E-state index contributed by atoms with van der Waals surface area (Å²) in [4.78, 5) is 24.7. The van der Waals surface area contributed by atoms with Gasteiger partial charge in [0.2, 0.25) is 11.7 Å². The lowest BCUT2D eigenvalue weighted by atomic mass is 10.00. The molecule has 3 rings (SSSR count). The van der Waals surface area contributed by atoms with Crippen LogP contribution in [0, 0.1) is 17.2 Å². The monoisotopic (exact) mass is 305 g/mol. The van der Waals surface area contributed by atoms with Gasteiger partial charge in [0.25, 0.3) is 0 Å². The first kappa shape index (κ1) is 14.5. The molecule has 1 aromatic heterocycles. The quantitative estimate of drug-likeness (QED) is 0.590. The van der Waals surface area contributed by atoms with Crippen LogP contribution < -0.4 is 5.32 Å². The first-order chi connectivity index (χ1) is 11.2. The summed E-state index contributed by atoms with van der Waals surface area (Å²) in [5.74, 6) is -2.88. The van der Waals surface area contributed by atoms with Gasteiger partial charge in [0, 0.05) is 5.69 Å². The number of nitriles is 1. The molecular formula is C17H11N3O3. The second-order valence-corrected chi connectivity index (χ2v) is 4.81. The van der Waals surface area contributed by atoms with Crippen LogP contribution in [0.25, 0.3) is 11.0 Å². The van der Waals surface area contributed by atoms with Crippen LogP contribution in [0.2, 0.25) is 0 Å². The highest BCUT2D eigenvalue weighted by molar-refractivity contribution is 6.18. The summed E-state index contributed by atoms with van der Waals surface area (Å²) < 4.78 is 5.05. The Morgan fingerprint density at radius 1 is 1.09 bits per heavy atom. The van der Waals surface area contributed by atoms with Gasteiger partial charge in [-0.2, -0.15) is 5.26 Å². The van der Waals surface area contributed by atoms with Gasteiger partial charge in [0.05, 0.1) is 11.5 Å². The smallest absolute Gasteiger partial charge is 0.249 e. The van der Waals surface area contributed by atoms with Crippen LogP contribution >= 0.6 is 0 Å². The number of anilines is 1. The molecule has 2 aromatic carbocycles. The molecule has 0 aliphatic carbocycles. The van der Waals surface area contributed by atoms with Crippen molar-refractivity contribution in [3.63, 3.8) is 0 Å². The zero-order valence-corrected chi connectivity index (χ0v) is 11.9. The van der Waals surface area contributed by atoms with E-state index in [1.54, 1.807) is 60.7 Å². The highest BCUT2D eigenvalue weighted by Crippen LogP contribution is 2.21. The molecule has 0 fully saturated rings. The van der Waals surface area contributed by atoms with Crippen molar-refractivity contribution in [1.29, 1.82) is 5.26 Å². The molecule has 0 aliphatic heterocycles. The fourth-order valence-electron chi connectivity index (χ4n) is 2.17. The number of hydrogen-bond acceptors (Lipinski definition) is 5. The van der Waals surface area contributed by atoms with Gasteiger partial charge < -0.3 is 9.84 Å². The van der Waals surface area contributed by atoms with Crippen molar-refractivity contribution >= 4 is 28.3 Å². The fraction of sp³-hybridized carbons (Fsp3) is 0.0588. The molecule has 0 radical (unpaired) electrons. The third kappa shape index (κ3) is 2.80. The number of hydrogen-bond donors (Lipinski definition) is 1. The Morgan fingerprint density at radius 3 is 2.52 bits per heavy atom. The van der Waals surface area contributed by atoms with Crippen molar-refractivity contribution in [3.05, 3.63) is 60.3 Å². The predicted octanol–water partition coefficient (Wildman–Crippen LogP) is 2.79. The summed E-state index contributed by atoms with van der Waals surface area (Å²) in [6, 6.07) is 17.1. The predicted molar refractivity (Wildman–Crippen MR) is 82.5 cm³/mol. The van der Waals surface area contributed by atoms with E-state index in [4.69, 9.17) is 4.52 Å². The number of rotatable bonds is 4. The lowest BCUT2D eigenvalue weighted by Crippen LogP contribution is -2.29. The highest BCUT2D eigenvalue weighted by atomic mass is 16.5. The normalized spacial score (nSPS) is 11.6. The van der Waals surface area contributed by atoms with Crippen molar-refractivity contribution in [2.24, 2.45) is 5.92 Å². The number of nitrogens with zero attached hydrogens (tertiary/aromatic N) is 2. The Kier molecular flexibility index (Phi) is 3.85. The van der Waals surface area contributed by atoms with E-state index in [2.05, 4.69) is 10.5 Å². The Balaban J connectivity index is 1.87. The maximum atomic E-state index is 12.5. The topological polar surface area (TPSA) is 96.0 Å². The van der Waals surface area contributed by atoms with Gasteiger partial charge in [-0.1, -0.05) is 35.5 Å². The van der Waals surface area contributed by atoms with E-state index in [0.29, 0.717) is 16.7 Å². The Bertz CT molecular complexity index is 909. The second kappa shape index (κ2) is 6.12. The van der Waals surface area contributed by atoms with Crippen LogP contribution in [0.1, 0.15) is 10.5 Å². The van der Waals surface area contributed by atoms with Crippen LogP contribution in [0.3, 0.4) is 0 Å². The molecule has 0 saturated carbocycles. The third-order valence-corrected chi connectivity index (χ3v) is 3.31. The molecular weight excluding hydrogens is 294 g/mol. The Hall–Kier alpha value is -3.46. The standard InChI is InChI=1S/C17H11N3O3/c18-10-13(17(22)19-11-6-2-1-3-7-11)16(21)15-12-8-4-5-9-14(12)23-20-15/h1-9,13H,(H,19,22). The van der Waals surface area contributed by atoms with Crippen molar-refractivity contribution in [2.45, 2.75) is 0 Å². The van der Waals surface area contributed by atoms with Crippen LogP contribution in [0.5, 0.6) is 0 Å². The van der Waals surface area contributed by atoms with E-state index in [1.165, 1.54) is 0 Å². The van der Waals surface area contributed by atoms with E-state index in [1.807, 2.05) is 0 Å². The van der Waals surface area contributed by atoms with Crippen LogP contribution in [0.4, 0.5) is 5.69 Å². The molecule has 1 N–H and O–H groups in total. The minimum Gasteiger partial charge on any atom is -0.356 e. The molecule has 1 heterocycles. The SMILES string of the molecule is N#CC(C(=O)Nc1ccccc1)C(=O)c1noc2ccccc12. The van der Waals surface area contributed by atoms with Gasteiger partial charge in [-0.3, -0.25) is 9.59 Å². The number of carbonyl (C=O) groups is 2. The van der Waals surface area contributed by atoms with E-state index in [-0.39, 0.29) is 5.69 Å². The van der Waals surface area contributed by atoms with Crippen molar-refractivity contribution in [1.82, 2.24) is 5.16 Å². The molecule has 6 nitrogen and oxygen atoms in total. The van der Waals surface area contributed by atoms with Crippen LogP contribution in [-0.2, 0) is 4.79 Å². The number of carbonyl (C=O) groups excluding carboxylic acids is 2. The third-order valence-electron chi connectivity index (χ3n) is 3.31. The van der Waals surface area contributed by atoms with Crippen molar-refractivity contribution in [3.8, 4) is 6.07 Å². The number of ketones is 1. The average molecular weight is 305 g/mol. The van der Waals surface area contributed by atoms with E-state index >= 15 is 0 Å². The number of benzene rings is 2. The summed E-state index contributed by atoms with van der Waals surface area (Å²) in [5.41, 5.74) is 0.918. The average Bonchev–Trinajstić information content (AvgIpc) is 3.00. The molecule has 1 unspecified atom stereocenters. The molecule has 112 valence electrons. The molecule has 1 amide bonds. The first-order valence-corrected chi connectivity index (χ1v) is 6.85. The molecule has 3 aromatic rings. The van der Waals surface area contributed by atoms with Gasteiger partial charge in [0.1, 0.15) is 0 Å². The summed E-state index contributed by atoms with van der Waals surface area (Å²) >= 11 is 0. The molecule has 6 heteroatoms. The largest absolute Gasteiger partial charge is 0.356 e. The zero-order chi connectivity index (χ0) is 16.2. The number of Topliss-reactive ketones (excluding diaryl/α,β-unsaturated/α-hetero) is 1. The lowest BCUT2D eigenvalue weighted by Gasteiger charge is -2.08. The van der Waals surface area contributed by atoms with E-state index in [0.717, 1.165) is 0 Å². The van der Waals surface area contributed by atoms with Gasteiger partial charge in [0.15, 0.2) is 17.2 Å². The van der Waals surface area contributed by atoms with Gasteiger partial charge >= 0.3 is 0 Å². The minimum absolute atomic E-state index is 0.0182. The molecule has 1 atom stereocenters. The molecule has 0 bridgehead atoms. The molecule has 0 spiro atoms. The number of fused-ring (bicyclic) bond motifs is 1. The first-order valence-electron chi connectivity index (χ1n) is 6.85. The summed E-state index contributed by atoms with van der Waals surface area (Å²) in [6.07, 6.45) is 0. The van der Waals surface area contributed by atoms with Crippen molar-refractivity contribution in [2.75, 3.05) is 5.32 Å². The maximum absolute atomic E-state index is 12.5. The molecule has 0 saturated heterocycles. The summed E-state index contributed by atoms with van der Waals surface area (Å²) in [6.45, 7) is 0. The second-order valence-electron chi connectivity index (χ2n) is 4.81. The van der Waals surface area contributed by atoms with Crippen LogP contribution in [-0.4, -0.2) is 16.8 Å². The minimum atomic E-state index is -1.50. The summed E-state index contributed by atoms with van der Waals surface area (Å²) in [5, 5.41) is 15.9. The number of para-hydroxylation sites is 2. The fourth-order valence-corrected chi connectivity index (χ4v) is 2.17. The Morgan fingerprint density at radius 2 is 1.78 bits per heavy atom. The van der Waals surface area contributed by atoms with E-state index < -0.39 is 17.6 Å². The molecule has 23 heavy (non-hydrogen) atoms. The lowest BCUT2D eigenvalue weighted by molar-refractivity contribution is -0.117.